The zero-order chi connectivity index (χ0) is 11.4. The largest absolute Gasteiger partial charge is 0.508 e. The summed E-state index contributed by atoms with van der Waals surface area (Å²) in [4.78, 5) is 10.9. The first kappa shape index (κ1) is 11.8. The van der Waals surface area contributed by atoms with Crippen LogP contribution < -0.4 is 0 Å². The molecule has 0 fully saturated rings. The number of carbonyl (C=O) groups excluding carboxylic acids is 1. The van der Waals surface area contributed by atoms with Gasteiger partial charge in [0.05, 0.1) is 7.11 Å². The van der Waals surface area contributed by atoms with Gasteiger partial charge < -0.3 is 14.9 Å². The van der Waals surface area contributed by atoms with Crippen LogP contribution >= 0.6 is 11.6 Å². The molecule has 0 aliphatic heterocycles. The number of rotatable bonds is 3. The maximum atomic E-state index is 10.9. The summed E-state index contributed by atoms with van der Waals surface area (Å²) in [6.45, 7) is 0. The van der Waals surface area contributed by atoms with Gasteiger partial charge in [-0.1, -0.05) is 17.7 Å². The van der Waals surface area contributed by atoms with E-state index in [4.69, 9.17) is 11.6 Å². The first-order chi connectivity index (χ1) is 7.04. The van der Waals surface area contributed by atoms with Crippen LogP contribution in [0.1, 0.15) is 5.56 Å². The molecule has 1 unspecified atom stereocenters. The molecule has 1 atom stereocenters. The van der Waals surface area contributed by atoms with Crippen molar-refractivity contribution in [2.45, 2.75) is 12.5 Å². The summed E-state index contributed by atoms with van der Waals surface area (Å²) >= 11 is 5.63. The summed E-state index contributed by atoms with van der Waals surface area (Å²) in [5.41, 5.74) is 0.442. The standard InChI is InChI=1S/C10H11ClO4/c1-15-10(14)9(13)4-6-2-3-7(11)5-8(6)12/h2-3,5,9,12-13H,4H2,1H3. The summed E-state index contributed by atoms with van der Waals surface area (Å²) in [5, 5.41) is 19.2. The molecule has 15 heavy (non-hydrogen) atoms. The second-order valence-electron chi connectivity index (χ2n) is 3.02. The van der Waals surface area contributed by atoms with Crippen LogP contribution in [0.25, 0.3) is 0 Å². The number of carbonyl (C=O) groups is 1. The van der Waals surface area contributed by atoms with Gasteiger partial charge in [-0.05, 0) is 17.7 Å². The average Bonchev–Trinajstić information content (AvgIpc) is 2.20. The molecule has 5 heteroatoms. The maximum Gasteiger partial charge on any atom is 0.335 e. The van der Waals surface area contributed by atoms with Crippen molar-refractivity contribution < 1.29 is 19.7 Å². The molecule has 0 amide bonds. The molecule has 2 N–H and O–H groups in total. The van der Waals surface area contributed by atoms with Gasteiger partial charge in [-0.25, -0.2) is 4.79 Å². The van der Waals surface area contributed by atoms with Crippen LogP contribution in [-0.2, 0) is 16.0 Å². The van der Waals surface area contributed by atoms with Gasteiger partial charge >= 0.3 is 5.97 Å². The molecule has 0 saturated carbocycles. The third-order valence-corrected chi connectivity index (χ3v) is 2.17. The molecule has 0 aliphatic carbocycles. The summed E-state index contributed by atoms with van der Waals surface area (Å²) < 4.78 is 4.35. The van der Waals surface area contributed by atoms with Crippen molar-refractivity contribution in [3.05, 3.63) is 28.8 Å². The Bertz CT molecular complexity index is 364. The summed E-state index contributed by atoms with van der Waals surface area (Å²) in [7, 11) is 1.19. The topological polar surface area (TPSA) is 66.8 Å². The number of benzene rings is 1. The van der Waals surface area contributed by atoms with Crippen LogP contribution in [0.15, 0.2) is 18.2 Å². The number of phenols is 1. The molecule has 0 bridgehead atoms. The van der Waals surface area contributed by atoms with Gasteiger partial charge in [0.25, 0.3) is 0 Å². The van der Waals surface area contributed by atoms with Gasteiger partial charge in [0.1, 0.15) is 5.75 Å². The molecule has 0 aromatic heterocycles. The second kappa shape index (κ2) is 5.00. The Kier molecular flexibility index (Phi) is 3.94. The molecule has 0 radical (unpaired) electrons. The first-order valence-corrected chi connectivity index (χ1v) is 4.65. The second-order valence-corrected chi connectivity index (χ2v) is 3.45. The number of aliphatic hydroxyl groups excluding tert-OH is 1. The van der Waals surface area contributed by atoms with Crippen molar-refractivity contribution in [2.24, 2.45) is 0 Å². The minimum atomic E-state index is -1.28. The summed E-state index contributed by atoms with van der Waals surface area (Å²) in [6, 6.07) is 4.46. The molecular weight excluding hydrogens is 220 g/mol. The van der Waals surface area contributed by atoms with Gasteiger partial charge in [0.15, 0.2) is 6.10 Å². The van der Waals surface area contributed by atoms with E-state index in [9.17, 15) is 15.0 Å². The van der Waals surface area contributed by atoms with Crippen molar-refractivity contribution >= 4 is 17.6 Å². The SMILES string of the molecule is COC(=O)C(O)Cc1ccc(Cl)cc1O. The zero-order valence-corrected chi connectivity index (χ0v) is 8.86. The summed E-state index contributed by atoms with van der Waals surface area (Å²) in [5.74, 6) is -0.783. The molecule has 1 rings (SSSR count). The van der Waals surface area contributed by atoms with Crippen molar-refractivity contribution in [2.75, 3.05) is 7.11 Å². The van der Waals surface area contributed by atoms with E-state index in [1.807, 2.05) is 0 Å². The van der Waals surface area contributed by atoms with Crippen LogP contribution in [0, 0.1) is 0 Å². The lowest BCUT2D eigenvalue weighted by Gasteiger charge is -2.09. The van der Waals surface area contributed by atoms with E-state index in [-0.39, 0.29) is 12.2 Å². The number of hydrogen-bond donors (Lipinski definition) is 2. The molecule has 0 aliphatic rings. The average molecular weight is 231 g/mol. The van der Waals surface area contributed by atoms with E-state index >= 15 is 0 Å². The van der Waals surface area contributed by atoms with Crippen molar-refractivity contribution in [1.29, 1.82) is 0 Å². The van der Waals surface area contributed by atoms with Crippen LogP contribution in [0.5, 0.6) is 5.75 Å². The molecule has 0 spiro atoms. The molecule has 4 nitrogen and oxygen atoms in total. The lowest BCUT2D eigenvalue weighted by atomic mass is 10.1. The minimum Gasteiger partial charge on any atom is -0.508 e. The van der Waals surface area contributed by atoms with Gasteiger partial charge in [0.2, 0.25) is 0 Å². The van der Waals surface area contributed by atoms with Crippen LogP contribution in [-0.4, -0.2) is 29.4 Å². The van der Waals surface area contributed by atoms with Gasteiger partial charge in [-0.3, -0.25) is 0 Å². The van der Waals surface area contributed by atoms with E-state index < -0.39 is 12.1 Å². The molecule has 0 heterocycles. The number of phenolic OH excluding ortho intramolecular Hbond substituents is 1. The highest BCUT2D eigenvalue weighted by atomic mass is 35.5. The third kappa shape index (κ3) is 3.11. The van der Waals surface area contributed by atoms with Crippen LogP contribution in [0.2, 0.25) is 5.02 Å². The quantitative estimate of drug-likeness (QED) is 0.764. The molecule has 1 aromatic carbocycles. The number of hydrogen-bond acceptors (Lipinski definition) is 4. The Labute approximate surface area is 92.1 Å². The normalized spacial score (nSPS) is 12.2. The Balaban J connectivity index is 2.76. The highest BCUT2D eigenvalue weighted by Gasteiger charge is 2.17. The number of esters is 1. The fourth-order valence-corrected chi connectivity index (χ4v) is 1.30. The van der Waals surface area contributed by atoms with Crippen molar-refractivity contribution in [1.82, 2.24) is 0 Å². The van der Waals surface area contributed by atoms with E-state index in [2.05, 4.69) is 4.74 Å². The van der Waals surface area contributed by atoms with E-state index in [0.717, 1.165) is 0 Å². The Morgan fingerprint density at radius 1 is 1.60 bits per heavy atom. The van der Waals surface area contributed by atoms with Crippen LogP contribution in [0.4, 0.5) is 0 Å². The van der Waals surface area contributed by atoms with Crippen molar-refractivity contribution in [3.63, 3.8) is 0 Å². The number of aromatic hydroxyl groups is 1. The van der Waals surface area contributed by atoms with Crippen LogP contribution in [0.3, 0.4) is 0 Å². The molecule has 82 valence electrons. The summed E-state index contributed by atoms with van der Waals surface area (Å²) in [6.07, 6.45) is -1.28. The maximum absolute atomic E-state index is 10.9. The highest BCUT2D eigenvalue weighted by molar-refractivity contribution is 6.30. The third-order valence-electron chi connectivity index (χ3n) is 1.93. The number of ether oxygens (including phenoxy) is 1. The number of halogens is 1. The highest BCUT2D eigenvalue weighted by Crippen LogP contribution is 2.23. The Morgan fingerprint density at radius 3 is 2.80 bits per heavy atom. The Morgan fingerprint density at radius 2 is 2.27 bits per heavy atom. The predicted octanol–water partition coefficient (Wildman–Crippen LogP) is 1.12. The fourth-order valence-electron chi connectivity index (χ4n) is 1.14. The smallest absolute Gasteiger partial charge is 0.335 e. The monoisotopic (exact) mass is 230 g/mol. The van der Waals surface area contributed by atoms with Gasteiger partial charge in [-0.2, -0.15) is 0 Å². The fraction of sp³-hybridized carbons (Fsp3) is 0.300. The Hall–Kier alpha value is -1.26. The number of aliphatic hydroxyl groups is 1. The minimum absolute atomic E-state index is 0.00429. The molecular formula is C10H11ClO4. The van der Waals surface area contributed by atoms with Gasteiger partial charge in [-0.15, -0.1) is 0 Å². The van der Waals surface area contributed by atoms with E-state index in [1.54, 1.807) is 12.1 Å². The first-order valence-electron chi connectivity index (χ1n) is 4.28. The van der Waals surface area contributed by atoms with E-state index in [1.165, 1.54) is 13.2 Å². The van der Waals surface area contributed by atoms with Crippen molar-refractivity contribution in [3.8, 4) is 5.75 Å². The molecule has 1 aromatic rings. The molecule has 0 saturated heterocycles. The van der Waals surface area contributed by atoms with Gasteiger partial charge in [0, 0.05) is 11.4 Å². The van der Waals surface area contributed by atoms with E-state index in [0.29, 0.717) is 10.6 Å². The lowest BCUT2D eigenvalue weighted by molar-refractivity contribution is -0.150. The number of methoxy groups -OCH3 is 1. The lowest BCUT2D eigenvalue weighted by Crippen LogP contribution is -2.24. The zero-order valence-electron chi connectivity index (χ0n) is 8.11. The predicted molar refractivity (Wildman–Crippen MR) is 54.8 cm³/mol.